The Hall–Kier alpha value is -2.78. The van der Waals surface area contributed by atoms with Gasteiger partial charge in [-0.2, -0.15) is 0 Å². The van der Waals surface area contributed by atoms with Gasteiger partial charge in [0.2, 0.25) is 10.0 Å². The fraction of sp³-hybridized carbons (Fsp3) is 0.273. The number of anilines is 1. The van der Waals surface area contributed by atoms with Crippen molar-refractivity contribution in [1.29, 1.82) is 0 Å². The van der Waals surface area contributed by atoms with Crippen LogP contribution in [-0.2, 0) is 16.6 Å². The minimum absolute atomic E-state index is 0.103. The van der Waals surface area contributed by atoms with Crippen molar-refractivity contribution in [3.8, 4) is 0 Å². The summed E-state index contributed by atoms with van der Waals surface area (Å²) in [7, 11) is -3.68. The van der Waals surface area contributed by atoms with Crippen LogP contribution in [0.15, 0.2) is 54.6 Å². The monoisotopic (exact) mass is 459 g/mol. The summed E-state index contributed by atoms with van der Waals surface area (Å²) in [6.07, 6.45) is 1.87. The third kappa shape index (κ3) is 5.11. The Balaban J connectivity index is 1.64. The van der Waals surface area contributed by atoms with Crippen molar-refractivity contribution in [2.75, 3.05) is 11.2 Å². The smallest absolute Gasteiger partial charge is 0.284 e. The molecule has 2 atom stereocenters. The summed E-state index contributed by atoms with van der Waals surface area (Å²) in [5.41, 5.74) is 2.27. The van der Waals surface area contributed by atoms with Gasteiger partial charge in [0.15, 0.2) is 5.13 Å². The zero-order valence-electron chi connectivity index (χ0n) is 17.1. The number of hydrogen-bond donors (Lipinski definition) is 1. The molecular weight excluding hydrogens is 437 g/mol. The summed E-state index contributed by atoms with van der Waals surface area (Å²) in [4.78, 5) is 19.6. The molecule has 6 nitrogen and oxygen atoms in total. The van der Waals surface area contributed by atoms with E-state index in [1.807, 2.05) is 22.9 Å². The third-order valence-electron chi connectivity index (χ3n) is 5.18. The summed E-state index contributed by atoms with van der Waals surface area (Å²) in [5, 5.41) is 0.643. The van der Waals surface area contributed by atoms with Crippen molar-refractivity contribution in [2.24, 2.45) is 0 Å². The molecule has 31 heavy (non-hydrogen) atoms. The number of amides is 1. The van der Waals surface area contributed by atoms with Crippen molar-refractivity contribution in [3.63, 3.8) is 0 Å². The van der Waals surface area contributed by atoms with Crippen LogP contribution in [0.5, 0.6) is 0 Å². The Morgan fingerprint density at radius 3 is 2.52 bits per heavy atom. The number of hydrogen-bond acceptors (Lipinski definition) is 6. The summed E-state index contributed by atoms with van der Waals surface area (Å²) < 4.78 is 38.3. The molecule has 4 rings (SSSR count). The lowest BCUT2D eigenvalue weighted by Gasteiger charge is -2.23. The van der Waals surface area contributed by atoms with Crippen LogP contribution in [-0.4, -0.2) is 31.6 Å². The highest BCUT2D eigenvalue weighted by atomic mass is 32.2. The quantitative estimate of drug-likeness (QED) is 0.581. The summed E-state index contributed by atoms with van der Waals surface area (Å²) >= 11 is 1.35. The SMILES string of the molecule is Cc1sc(N(Cc2ccc(F)cc2)[C@@H]2C[C@H]2c2ccccc2)nc1C(=O)NS(C)(=O)=O. The van der Waals surface area contributed by atoms with Crippen LogP contribution >= 0.6 is 11.3 Å². The van der Waals surface area contributed by atoms with E-state index >= 15 is 0 Å². The van der Waals surface area contributed by atoms with E-state index in [2.05, 4.69) is 22.0 Å². The largest absolute Gasteiger partial charge is 0.340 e. The number of rotatable bonds is 7. The standard InChI is InChI=1S/C22H22FN3O3S2/c1-14-20(21(27)25-31(2,28)29)24-22(30-14)26(13-15-8-10-17(23)11-9-15)19-12-18(19)16-6-4-3-5-7-16/h3-11,18-19H,12-13H2,1-2H3,(H,25,27)/t18-,19+/m0/s1. The summed E-state index contributed by atoms with van der Waals surface area (Å²) in [6.45, 7) is 2.25. The van der Waals surface area contributed by atoms with Crippen LogP contribution in [0.4, 0.5) is 9.52 Å². The van der Waals surface area contributed by atoms with Crippen molar-refractivity contribution < 1.29 is 17.6 Å². The molecule has 0 aliphatic heterocycles. The van der Waals surface area contributed by atoms with Gasteiger partial charge in [-0.1, -0.05) is 42.5 Å². The zero-order valence-corrected chi connectivity index (χ0v) is 18.7. The fourth-order valence-corrected chi connectivity index (χ4v) is 5.03. The molecule has 0 saturated heterocycles. The highest BCUT2D eigenvalue weighted by molar-refractivity contribution is 7.89. The van der Waals surface area contributed by atoms with Crippen LogP contribution in [0.1, 0.15) is 38.8 Å². The van der Waals surface area contributed by atoms with Crippen molar-refractivity contribution in [1.82, 2.24) is 9.71 Å². The molecule has 1 heterocycles. The first-order chi connectivity index (χ1) is 14.7. The molecule has 1 aliphatic rings. The van der Waals surface area contributed by atoms with Gasteiger partial charge in [0.25, 0.3) is 5.91 Å². The van der Waals surface area contributed by atoms with E-state index in [0.717, 1.165) is 18.2 Å². The first-order valence-corrected chi connectivity index (χ1v) is 12.5. The van der Waals surface area contributed by atoms with E-state index in [4.69, 9.17) is 0 Å². The predicted octanol–water partition coefficient (Wildman–Crippen LogP) is 3.84. The van der Waals surface area contributed by atoms with Crippen molar-refractivity contribution in [2.45, 2.75) is 31.8 Å². The minimum Gasteiger partial charge on any atom is -0.340 e. The molecule has 1 aliphatic carbocycles. The first kappa shape index (κ1) is 21.5. The van der Waals surface area contributed by atoms with Crippen molar-refractivity contribution in [3.05, 3.63) is 82.1 Å². The number of nitrogens with zero attached hydrogens (tertiary/aromatic N) is 2. The molecular formula is C22H22FN3O3S2. The number of thiazole rings is 1. The van der Waals surface area contributed by atoms with Gasteiger partial charge in [0.1, 0.15) is 11.5 Å². The lowest BCUT2D eigenvalue weighted by atomic mass is 10.1. The zero-order chi connectivity index (χ0) is 22.2. The number of carbonyl (C=O) groups excluding carboxylic acids is 1. The highest BCUT2D eigenvalue weighted by Crippen LogP contribution is 2.47. The Kier molecular flexibility index (Phi) is 5.81. The Morgan fingerprint density at radius 2 is 1.87 bits per heavy atom. The van der Waals surface area contributed by atoms with E-state index in [9.17, 15) is 17.6 Å². The van der Waals surface area contributed by atoms with Gasteiger partial charge >= 0.3 is 0 Å². The first-order valence-electron chi connectivity index (χ1n) is 9.77. The lowest BCUT2D eigenvalue weighted by molar-refractivity contribution is 0.0977. The molecule has 1 saturated carbocycles. The second-order valence-corrected chi connectivity index (χ2v) is 10.6. The number of sulfonamides is 1. The molecule has 1 aromatic heterocycles. The number of nitrogens with one attached hydrogen (secondary N) is 1. The maximum Gasteiger partial charge on any atom is 0.284 e. The molecule has 0 bridgehead atoms. The molecule has 1 fully saturated rings. The Labute approximate surface area is 184 Å². The number of aromatic nitrogens is 1. The molecule has 1 amide bonds. The average molecular weight is 460 g/mol. The highest BCUT2D eigenvalue weighted by Gasteiger charge is 2.44. The van der Waals surface area contributed by atoms with Gasteiger partial charge in [-0.25, -0.2) is 22.5 Å². The van der Waals surface area contributed by atoms with Gasteiger partial charge in [0, 0.05) is 23.4 Å². The maximum atomic E-state index is 13.4. The van der Waals surface area contributed by atoms with Crippen LogP contribution in [0.2, 0.25) is 0 Å². The summed E-state index contributed by atoms with van der Waals surface area (Å²) in [5.74, 6) is -0.701. The molecule has 0 spiro atoms. The molecule has 162 valence electrons. The van der Waals surface area contributed by atoms with Crippen LogP contribution in [0, 0.1) is 12.7 Å². The molecule has 2 aromatic carbocycles. The van der Waals surface area contributed by atoms with E-state index in [1.165, 1.54) is 29.0 Å². The lowest BCUT2D eigenvalue weighted by Crippen LogP contribution is -2.30. The van der Waals surface area contributed by atoms with Crippen LogP contribution in [0.25, 0.3) is 0 Å². The normalized spacial score (nSPS) is 17.9. The predicted molar refractivity (Wildman–Crippen MR) is 119 cm³/mol. The molecule has 1 N–H and O–H groups in total. The Morgan fingerprint density at radius 1 is 1.19 bits per heavy atom. The molecule has 3 aromatic rings. The van der Waals surface area contributed by atoms with Crippen LogP contribution < -0.4 is 9.62 Å². The maximum absolute atomic E-state index is 13.4. The minimum atomic E-state index is -3.68. The number of carbonyl (C=O) groups is 1. The van der Waals surface area contributed by atoms with Gasteiger partial charge in [-0.05, 0) is 36.6 Å². The number of benzene rings is 2. The van der Waals surface area contributed by atoms with E-state index < -0.39 is 15.9 Å². The van der Waals surface area contributed by atoms with Gasteiger partial charge < -0.3 is 4.90 Å². The van der Waals surface area contributed by atoms with E-state index in [1.54, 1.807) is 19.1 Å². The molecule has 9 heteroatoms. The van der Waals surface area contributed by atoms with Gasteiger partial charge in [-0.3, -0.25) is 4.79 Å². The third-order valence-corrected chi connectivity index (χ3v) is 6.74. The van der Waals surface area contributed by atoms with E-state index in [-0.39, 0.29) is 17.6 Å². The van der Waals surface area contributed by atoms with E-state index in [0.29, 0.717) is 22.5 Å². The van der Waals surface area contributed by atoms with Crippen LogP contribution in [0.3, 0.4) is 0 Å². The number of aryl methyl sites for hydroxylation is 1. The fourth-order valence-electron chi connectivity index (χ4n) is 3.63. The Bertz CT molecular complexity index is 1190. The van der Waals surface area contributed by atoms with Gasteiger partial charge in [-0.15, -0.1) is 11.3 Å². The second-order valence-electron chi connectivity index (χ2n) is 7.68. The van der Waals surface area contributed by atoms with Crippen molar-refractivity contribution >= 4 is 32.4 Å². The van der Waals surface area contributed by atoms with Gasteiger partial charge in [0.05, 0.1) is 6.26 Å². The topological polar surface area (TPSA) is 79.4 Å². The average Bonchev–Trinajstić information content (AvgIpc) is 3.41. The summed E-state index contributed by atoms with van der Waals surface area (Å²) in [6, 6.07) is 16.7. The number of halogens is 1. The second kappa shape index (κ2) is 8.39. The molecule has 0 radical (unpaired) electrons. The molecule has 0 unspecified atom stereocenters.